The van der Waals surface area contributed by atoms with Crippen molar-refractivity contribution >= 4 is 23.3 Å². The van der Waals surface area contributed by atoms with Crippen LogP contribution in [0.3, 0.4) is 0 Å². The standard InChI is InChI=1S/C18H28N2OS.2C2HF3O2/c1-15-4-5-17(22-15)13-19-10-6-18(7-11-19)12-16(14-21-18)20-8-2-3-9-20;2*3-2(4,5)1(6)7/h4-5,16H,2-3,6-14H2,1H3;2*(H,6,7). The molecule has 2 N–H and O–H groups in total. The van der Waals surface area contributed by atoms with E-state index in [1.165, 1.54) is 68.0 Å². The van der Waals surface area contributed by atoms with Crippen molar-refractivity contribution in [3.8, 4) is 0 Å². The molecule has 0 radical (unpaired) electrons. The Morgan fingerprint density at radius 2 is 1.50 bits per heavy atom. The third-order valence-corrected chi connectivity index (χ3v) is 7.26. The third kappa shape index (κ3) is 9.52. The lowest BCUT2D eigenvalue weighted by atomic mass is 9.87. The molecular formula is C22H30F6N2O5S. The highest BCUT2D eigenvalue weighted by Gasteiger charge is 2.44. The van der Waals surface area contributed by atoms with Crippen LogP contribution in [0, 0.1) is 6.92 Å². The average molecular weight is 549 g/mol. The maximum Gasteiger partial charge on any atom is 0.490 e. The summed E-state index contributed by atoms with van der Waals surface area (Å²) in [6.45, 7) is 9.30. The fraction of sp³-hybridized carbons (Fsp3) is 0.727. The molecule has 3 aliphatic rings. The molecule has 0 amide bonds. The number of nitrogens with zero attached hydrogens (tertiary/aromatic N) is 2. The molecule has 1 aromatic rings. The average Bonchev–Trinajstić information content (AvgIpc) is 3.51. The van der Waals surface area contributed by atoms with Gasteiger partial charge in [-0.2, -0.15) is 26.3 Å². The van der Waals surface area contributed by atoms with Crippen LogP contribution in [0.4, 0.5) is 26.3 Å². The molecule has 206 valence electrons. The van der Waals surface area contributed by atoms with Gasteiger partial charge in [-0.05, 0) is 64.3 Å². The monoisotopic (exact) mass is 548 g/mol. The number of hydrogen-bond acceptors (Lipinski definition) is 6. The highest BCUT2D eigenvalue weighted by atomic mass is 32.1. The molecule has 3 fully saturated rings. The summed E-state index contributed by atoms with van der Waals surface area (Å²) >= 11 is 1.94. The summed E-state index contributed by atoms with van der Waals surface area (Å²) in [4.78, 5) is 26.0. The lowest BCUT2D eigenvalue weighted by Gasteiger charge is -2.38. The smallest absolute Gasteiger partial charge is 0.475 e. The van der Waals surface area contributed by atoms with Gasteiger partial charge >= 0.3 is 24.3 Å². The summed E-state index contributed by atoms with van der Waals surface area (Å²) in [6.07, 6.45) is -3.67. The summed E-state index contributed by atoms with van der Waals surface area (Å²) in [5, 5.41) is 14.2. The van der Waals surface area contributed by atoms with Gasteiger partial charge in [0.05, 0.1) is 12.2 Å². The zero-order valence-electron chi connectivity index (χ0n) is 19.7. The molecule has 0 aliphatic carbocycles. The van der Waals surface area contributed by atoms with Gasteiger partial charge in [-0.25, -0.2) is 9.59 Å². The Hall–Kier alpha value is -1.90. The Balaban J connectivity index is 0.000000271. The number of ether oxygens (including phenoxy) is 1. The molecule has 4 heterocycles. The summed E-state index contributed by atoms with van der Waals surface area (Å²) in [6, 6.07) is 5.24. The Labute approximate surface area is 208 Å². The second-order valence-corrected chi connectivity index (χ2v) is 10.4. The molecule has 0 saturated carbocycles. The van der Waals surface area contributed by atoms with Crippen molar-refractivity contribution in [2.24, 2.45) is 0 Å². The molecule has 1 unspecified atom stereocenters. The van der Waals surface area contributed by atoms with Crippen LogP contribution >= 0.6 is 11.3 Å². The molecule has 3 saturated heterocycles. The highest BCUT2D eigenvalue weighted by Crippen LogP contribution is 2.38. The summed E-state index contributed by atoms with van der Waals surface area (Å²) < 4.78 is 69.8. The van der Waals surface area contributed by atoms with Crippen LogP contribution in [-0.4, -0.2) is 88.7 Å². The van der Waals surface area contributed by atoms with Crippen molar-refractivity contribution in [3.63, 3.8) is 0 Å². The molecule has 7 nitrogen and oxygen atoms in total. The number of hydrogen-bond donors (Lipinski definition) is 2. The third-order valence-electron chi connectivity index (χ3n) is 6.27. The number of alkyl halides is 6. The van der Waals surface area contributed by atoms with E-state index in [4.69, 9.17) is 24.5 Å². The van der Waals surface area contributed by atoms with Gasteiger partial charge in [-0.3, -0.25) is 9.80 Å². The van der Waals surface area contributed by atoms with Crippen LogP contribution in [0.15, 0.2) is 12.1 Å². The number of likely N-dealkylation sites (tertiary alicyclic amines) is 2. The fourth-order valence-corrected chi connectivity index (χ4v) is 5.35. The number of aryl methyl sites for hydroxylation is 1. The first-order valence-electron chi connectivity index (χ1n) is 11.4. The molecular weight excluding hydrogens is 518 g/mol. The van der Waals surface area contributed by atoms with Crippen LogP contribution in [0.2, 0.25) is 0 Å². The first kappa shape index (κ1) is 30.3. The van der Waals surface area contributed by atoms with Gasteiger partial charge in [0.2, 0.25) is 0 Å². The normalized spacial score (nSPS) is 22.5. The van der Waals surface area contributed by atoms with E-state index in [1.54, 1.807) is 0 Å². The predicted molar refractivity (Wildman–Crippen MR) is 119 cm³/mol. The Morgan fingerprint density at radius 1 is 1.00 bits per heavy atom. The lowest BCUT2D eigenvalue weighted by molar-refractivity contribution is -0.193. The van der Waals surface area contributed by atoms with E-state index in [0.717, 1.165) is 13.2 Å². The van der Waals surface area contributed by atoms with E-state index in [-0.39, 0.29) is 5.60 Å². The van der Waals surface area contributed by atoms with Crippen molar-refractivity contribution in [2.75, 3.05) is 32.8 Å². The number of carbonyl (C=O) groups is 2. The van der Waals surface area contributed by atoms with Crippen molar-refractivity contribution in [1.82, 2.24) is 9.80 Å². The minimum absolute atomic E-state index is 0.203. The fourth-order valence-electron chi connectivity index (χ4n) is 4.42. The van der Waals surface area contributed by atoms with Crippen LogP contribution in [0.25, 0.3) is 0 Å². The summed E-state index contributed by atoms with van der Waals surface area (Å²) in [5.74, 6) is -5.51. The van der Waals surface area contributed by atoms with Crippen LogP contribution in [-0.2, 0) is 20.9 Å². The Kier molecular flexibility index (Phi) is 10.6. The van der Waals surface area contributed by atoms with E-state index < -0.39 is 24.3 Å². The Bertz CT molecular complexity index is 838. The van der Waals surface area contributed by atoms with Gasteiger partial charge in [0.15, 0.2) is 0 Å². The molecule has 3 aliphatic heterocycles. The van der Waals surface area contributed by atoms with Crippen molar-refractivity contribution < 1.29 is 50.9 Å². The van der Waals surface area contributed by atoms with Gasteiger partial charge in [-0.15, -0.1) is 11.3 Å². The number of halogens is 6. The summed E-state index contributed by atoms with van der Waals surface area (Å²) in [7, 11) is 0. The van der Waals surface area contributed by atoms with Crippen LogP contribution < -0.4 is 0 Å². The van der Waals surface area contributed by atoms with Crippen molar-refractivity contribution in [2.45, 2.75) is 69.6 Å². The molecule has 1 spiro atoms. The van der Waals surface area contributed by atoms with E-state index >= 15 is 0 Å². The Morgan fingerprint density at radius 3 is 1.92 bits per heavy atom. The van der Waals surface area contributed by atoms with E-state index in [0.29, 0.717) is 6.04 Å². The molecule has 1 aromatic heterocycles. The predicted octanol–water partition coefficient (Wildman–Crippen LogP) is 4.54. The number of piperidine rings is 1. The minimum atomic E-state index is -5.08. The van der Waals surface area contributed by atoms with E-state index in [9.17, 15) is 26.3 Å². The maximum absolute atomic E-state index is 10.6. The van der Waals surface area contributed by atoms with E-state index in [2.05, 4.69) is 28.9 Å². The second kappa shape index (κ2) is 12.6. The lowest BCUT2D eigenvalue weighted by Crippen LogP contribution is -2.44. The van der Waals surface area contributed by atoms with Crippen molar-refractivity contribution in [1.29, 1.82) is 0 Å². The van der Waals surface area contributed by atoms with Crippen LogP contribution in [0.5, 0.6) is 0 Å². The molecule has 14 heteroatoms. The summed E-state index contributed by atoms with van der Waals surface area (Å²) in [5.41, 5.74) is 0.203. The van der Waals surface area contributed by atoms with Gasteiger partial charge < -0.3 is 14.9 Å². The first-order chi connectivity index (χ1) is 16.6. The number of thiophene rings is 1. The van der Waals surface area contributed by atoms with Gasteiger partial charge in [0.1, 0.15) is 0 Å². The number of carboxylic acids is 2. The number of aliphatic carboxylic acids is 2. The van der Waals surface area contributed by atoms with Gasteiger partial charge in [0, 0.05) is 35.4 Å². The van der Waals surface area contributed by atoms with Crippen molar-refractivity contribution in [3.05, 3.63) is 21.9 Å². The molecule has 0 bridgehead atoms. The second-order valence-electron chi connectivity index (χ2n) is 8.99. The molecule has 0 aromatic carbocycles. The maximum atomic E-state index is 10.6. The molecule has 4 rings (SSSR count). The highest BCUT2D eigenvalue weighted by molar-refractivity contribution is 7.11. The number of carboxylic acid groups (broad SMARTS) is 2. The number of rotatable bonds is 3. The minimum Gasteiger partial charge on any atom is -0.475 e. The largest absolute Gasteiger partial charge is 0.490 e. The molecule has 36 heavy (non-hydrogen) atoms. The zero-order valence-corrected chi connectivity index (χ0v) is 20.5. The van der Waals surface area contributed by atoms with E-state index in [1.807, 2.05) is 11.3 Å². The van der Waals surface area contributed by atoms with Crippen LogP contribution in [0.1, 0.15) is 41.9 Å². The molecule has 1 atom stereocenters. The zero-order chi connectivity index (χ0) is 27.1. The first-order valence-corrected chi connectivity index (χ1v) is 12.2. The SMILES string of the molecule is Cc1ccc(CN2CCC3(CC2)CC(N2CCCC2)CO3)s1.O=C(O)C(F)(F)F.O=C(O)C(F)(F)F. The quantitative estimate of drug-likeness (QED) is 0.536. The topological polar surface area (TPSA) is 90.3 Å². The van der Waals surface area contributed by atoms with Gasteiger partial charge in [-0.1, -0.05) is 0 Å². The van der Waals surface area contributed by atoms with Gasteiger partial charge in [0.25, 0.3) is 0 Å².